The van der Waals surface area contributed by atoms with E-state index in [4.69, 9.17) is 0 Å². The van der Waals surface area contributed by atoms with Crippen LogP contribution in [-0.4, -0.2) is 37.1 Å². The number of alkyl halides is 2. The fraction of sp³-hybridized carbons (Fsp3) is 0.889. The van der Waals surface area contributed by atoms with Gasteiger partial charge in [-0.15, -0.1) is 0 Å². The maximum Gasteiger partial charge on any atom is 0.355 e. The summed E-state index contributed by atoms with van der Waals surface area (Å²) >= 11 is 0. The minimum absolute atomic E-state index is 0.00147. The Hall–Kier alpha value is -0.710. The summed E-state index contributed by atoms with van der Waals surface area (Å²) in [7, 11) is 1.67. The van der Waals surface area contributed by atoms with E-state index >= 15 is 0 Å². The standard InChI is InChI=1S/C9H15F2NO2/c1-3-9(10,11)14-6-7-4-8(13)12(2)5-7/h7H,3-6H2,1-2H3. The molecule has 0 aromatic rings. The SMILES string of the molecule is CCC(F)(F)OCC1CC(=O)N(C)C1. The lowest BCUT2D eigenvalue weighted by atomic mass is 10.1. The molecule has 0 saturated carbocycles. The Morgan fingerprint density at radius 2 is 2.29 bits per heavy atom. The van der Waals surface area contributed by atoms with E-state index < -0.39 is 6.11 Å². The summed E-state index contributed by atoms with van der Waals surface area (Å²) in [5, 5.41) is 0. The molecule has 82 valence electrons. The van der Waals surface area contributed by atoms with Crippen LogP contribution in [0.4, 0.5) is 8.78 Å². The largest absolute Gasteiger partial charge is 0.355 e. The van der Waals surface area contributed by atoms with Crippen LogP contribution in [0.15, 0.2) is 0 Å². The molecule has 0 aliphatic carbocycles. The van der Waals surface area contributed by atoms with Crippen LogP contribution in [0.25, 0.3) is 0 Å². The molecule has 0 bridgehead atoms. The quantitative estimate of drug-likeness (QED) is 0.698. The van der Waals surface area contributed by atoms with Crippen LogP contribution in [0.3, 0.4) is 0 Å². The molecule has 14 heavy (non-hydrogen) atoms. The van der Waals surface area contributed by atoms with Gasteiger partial charge in [0.15, 0.2) is 0 Å². The predicted molar refractivity (Wildman–Crippen MR) is 46.9 cm³/mol. The van der Waals surface area contributed by atoms with Crippen molar-refractivity contribution in [1.82, 2.24) is 4.90 Å². The van der Waals surface area contributed by atoms with E-state index in [0.29, 0.717) is 13.0 Å². The molecule has 0 radical (unpaired) electrons. The van der Waals surface area contributed by atoms with Gasteiger partial charge in [-0.3, -0.25) is 4.79 Å². The van der Waals surface area contributed by atoms with Gasteiger partial charge in [-0.1, -0.05) is 6.92 Å². The highest BCUT2D eigenvalue weighted by Crippen LogP contribution is 2.23. The lowest BCUT2D eigenvalue weighted by Gasteiger charge is -2.17. The Morgan fingerprint density at radius 1 is 1.64 bits per heavy atom. The van der Waals surface area contributed by atoms with Crippen molar-refractivity contribution in [3.63, 3.8) is 0 Å². The van der Waals surface area contributed by atoms with Crippen molar-refractivity contribution in [2.45, 2.75) is 25.9 Å². The second-order valence-corrected chi connectivity index (χ2v) is 3.65. The van der Waals surface area contributed by atoms with Crippen LogP contribution in [0.1, 0.15) is 19.8 Å². The zero-order chi connectivity index (χ0) is 10.8. The van der Waals surface area contributed by atoms with E-state index in [-0.39, 0.29) is 24.9 Å². The van der Waals surface area contributed by atoms with Gasteiger partial charge in [-0.2, -0.15) is 8.78 Å². The van der Waals surface area contributed by atoms with Crippen molar-refractivity contribution in [1.29, 1.82) is 0 Å². The molecule has 1 amide bonds. The lowest BCUT2D eigenvalue weighted by molar-refractivity contribution is -0.244. The summed E-state index contributed by atoms with van der Waals surface area (Å²) in [5.41, 5.74) is 0. The molecule has 1 aliphatic heterocycles. The van der Waals surface area contributed by atoms with Crippen LogP contribution in [-0.2, 0) is 9.53 Å². The minimum Gasteiger partial charge on any atom is -0.345 e. The van der Waals surface area contributed by atoms with E-state index in [0.717, 1.165) is 0 Å². The Labute approximate surface area is 82.0 Å². The zero-order valence-electron chi connectivity index (χ0n) is 8.43. The van der Waals surface area contributed by atoms with Gasteiger partial charge in [0.05, 0.1) is 6.61 Å². The molecule has 0 spiro atoms. The summed E-state index contributed by atoms with van der Waals surface area (Å²) < 4.78 is 29.8. The van der Waals surface area contributed by atoms with E-state index in [1.165, 1.54) is 11.8 Å². The molecule has 1 atom stereocenters. The van der Waals surface area contributed by atoms with Gasteiger partial charge in [0.25, 0.3) is 0 Å². The number of nitrogens with zero attached hydrogens (tertiary/aromatic N) is 1. The average molecular weight is 207 g/mol. The van der Waals surface area contributed by atoms with Gasteiger partial charge < -0.3 is 9.64 Å². The van der Waals surface area contributed by atoms with E-state index in [1.807, 2.05) is 0 Å². The maximum absolute atomic E-state index is 12.7. The summed E-state index contributed by atoms with van der Waals surface area (Å²) in [6, 6.07) is 0. The van der Waals surface area contributed by atoms with Crippen LogP contribution < -0.4 is 0 Å². The van der Waals surface area contributed by atoms with Crippen LogP contribution >= 0.6 is 0 Å². The zero-order valence-corrected chi connectivity index (χ0v) is 8.43. The van der Waals surface area contributed by atoms with Gasteiger partial charge in [-0.05, 0) is 0 Å². The molecule has 1 saturated heterocycles. The number of halogens is 2. The smallest absolute Gasteiger partial charge is 0.345 e. The van der Waals surface area contributed by atoms with Crippen molar-refractivity contribution >= 4 is 5.91 Å². The van der Waals surface area contributed by atoms with Crippen LogP contribution in [0, 0.1) is 5.92 Å². The number of carbonyl (C=O) groups is 1. The second kappa shape index (κ2) is 4.21. The number of ether oxygens (including phenoxy) is 1. The van der Waals surface area contributed by atoms with E-state index in [2.05, 4.69) is 4.74 Å². The summed E-state index contributed by atoms with van der Waals surface area (Å²) in [4.78, 5) is 12.6. The van der Waals surface area contributed by atoms with E-state index in [1.54, 1.807) is 7.05 Å². The van der Waals surface area contributed by atoms with Gasteiger partial charge in [0, 0.05) is 32.4 Å². The molecule has 5 heteroatoms. The third kappa shape index (κ3) is 2.90. The van der Waals surface area contributed by atoms with Crippen molar-refractivity contribution in [3.8, 4) is 0 Å². The molecule has 1 aliphatic rings. The van der Waals surface area contributed by atoms with Crippen LogP contribution in [0.5, 0.6) is 0 Å². The fourth-order valence-electron chi connectivity index (χ4n) is 1.41. The molecule has 3 nitrogen and oxygen atoms in total. The number of rotatable bonds is 4. The monoisotopic (exact) mass is 207 g/mol. The van der Waals surface area contributed by atoms with Gasteiger partial charge >= 0.3 is 6.11 Å². The Kier molecular flexibility index (Phi) is 3.42. The summed E-state index contributed by atoms with van der Waals surface area (Å²) in [6.45, 7) is 1.83. The third-order valence-electron chi connectivity index (χ3n) is 2.36. The highest BCUT2D eigenvalue weighted by molar-refractivity contribution is 5.78. The Balaban J connectivity index is 2.30. The highest BCUT2D eigenvalue weighted by atomic mass is 19.3. The molecule has 0 aromatic heterocycles. The number of hydrogen-bond donors (Lipinski definition) is 0. The molecule has 1 heterocycles. The molecular weight excluding hydrogens is 192 g/mol. The van der Waals surface area contributed by atoms with Gasteiger partial charge in [0.1, 0.15) is 0 Å². The number of hydrogen-bond acceptors (Lipinski definition) is 2. The third-order valence-corrected chi connectivity index (χ3v) is 2.36. The first kappa shape index (κ1) is 11.4. The Bertz CT molecular complexity index is 221. The maximum atomic E-state index is 12.7. The summed E-state index contributed by atoms with van der Waals surface area (Å²) in [6.07, 6.45) is -3.07. The first-order valence-corrected chi connectivity index (χ1v) is 4.70. The molecule has 0 N–H and O–H groups in total. The first-order valence-electron chi connectivity index (χ1n) is 4.70. The van der Waals surface area contributed by atoms with Crippen LogP contribution in [0.2, 0.25) is 0 Å². The van der Waals surface area contributed by atoms with Crippen molar-refractivity contribution in [3.05, 3.63) is 0 Å². The first-order chi connectivity index (χ1) is 6.44. The summed E-state index contributed by atoms with van der Waals surface area (Å²) in [5.74, 6) is -0.0941. The van der Waals surface area contributed by atoms with Crippen molar-refractivity contribution in [2.24, 2.45) is 5.92 Å². The van der Waals surface area contributed by atoms with Gasteiger partial charge in [0.2, 0.25) is 5.91 Å². The fourth-order valence-corrected chi connectivity index (χ4v) is 1.41. The van der Waals surface area contributed by atoms with Gasteiger partial charge in [-0.25, -0.2) is 0 Å². The Morgan fingerprint density at radius 3 is 2.71 bits per heavy atom. The lowest BCUT2D eigenvalue weighted by Crippen LogP contribution is -2.25. The predicted octanol–water partition coefficient (Wildman–Crippen LogP) is 1.48. The highest BCUT2D eigenvalue weighted by Gasteiger charge is 2.32. The topological polar surface area (TPSA) is 29.5 Å². The molecular formula is C9H15F2NO2. The number of likely N-dealkylation sites (tertiary alicyclic amines) is 1. The molecule has 1 rings (SSSR count). The molecule has 1 unspecified atom stereocenters. The minimum atomic E-state index is -3.05. The average Bonchev–Trinajstić information content (AvgIpc) is 2.44. The van der Waals surface area contributed by atoms with Crippen molar-refractivity contribution < 1.29 is 18.3 Å². The molecule has 0 aromatic carbocycles. The normalized spacial score (nSPS) is 23.3. The number of amides is 1. The number of carbonyl (C=O) groups excluding carboxylic acids is 1. The molecule has 1 fully saturated rings. The van der Waals surface area contributed by atoms with E-state index in [9.17, 15) is 13.6 Å². The van der Waals surface area contributed by atoms with Crippen molar-refractivity contribution in [2.75, 3.05) is 20.2 Å². The second-order valence-electron chi connectivity index (χ2n) is 3.65.